The lowest BCUT2D eigenvalue weighted by atomic mass is 9.83. The topological polar surface area (TPSA) is 51.0 Å². The van der Waals surface area contributed by atoms with E-state index in [0.717, 1.165) is 30.0 Å². The van der Waals surface area contributed by atoms with Crippen molar-refractivity contribution in [2.45, 2.75) is 64.2 Å². The van der Waals surface area contributed by atoms with Crippen molar-refractivity contribution in [1.82, 2.24) is 15.5 Å². The second-order valence-corrected chi connectivity index (χ2v) is 6.74. The van der Waals surface area contributed by atoms with Gasteiger partial charge in [0.05, 0.1) is 0 Å². The molecule has 0 atom stereocenters. The summed E-state index contributed by atoms with van der Waals surface area (Å²) in [6.45, 7) is 4.68. The number of aryl methyl sites for hydroxylation is 1. The predicted octanol–water partition coefficient (Wildman–Crippen LogP) is 3.30. The van der Waals surface area contributed by atoms with Gasteiger partial charge >= 0.3 is 0 Å². The van der Waals surface area contributed by atoms with Gasteiger partial charge in [0.1, 0.15) is 0 Å². The van der Waals surface area contributed by atoms with Crippen molar-refractivity contribution in [3.8, 4) is 0 Å². The van der Waals surface area contributed by atoms with Gasteiger partial charge in [-0.1, -0.05) is 24.9 Å². The zero-order valence-corrected chi connectivity index (χ0v) is 12.6. The van der Waals surface area contributed by atoms with Crippen LogP contribution in [0.15, 0.2) is 4.52 Å². The molecule has 0 amide bonds. The molecule has 0 aromatic carbocycles. The number of nitrogens with one attached hydrogen (secondary N) is 1. The fourth-order valence-electron chi connectivity index (χ4n) is 3.55. The fraction of sp³-hybridized carbons (Fsp3) is 0.875. The second-order valence-electron chi connectivity index (χ2n) is 6.74. The van der Waals surface area contributed by atoms with Crippen molar-refractivity contribution in [2.75, 3.05) is 13.1 Å². The molecule has 0 radical (unpaired) electrons. The first-order chi connectivity index (χ1) is 9.81. The molecule has 4 nitrogen and oxygen atoms in total. The van der Waals surface area contributed by atoms with Crippen LogP contribution in [0.5, 0.6) is 0 Å². The van der Waals surface area contributed by atoms with Crippen molar-refractivity contribution in [1.29, 1.82) is 0 Å². The average molecular weight is 277 g/mol. The van der Waals surface area contributed by atoms with Crippen LogP contribution >= 0.6 is 0 Å². The van der Waals surface area contributed by atoms with Gasteiger partial charge in [-0.05, 0) is 57.0 Å². The molecule has 1 aliphatic carbocycles. The van der Waals surface area contributed by atoms with E-state index in [1.165, 1.54) is 58.0 Å². The molecule has 1 saturated heterocycles. The van der Waals surface area contributed by atoms with E-state index in [1.54, 1.807) is 0 Å². The summed E-state index contributed by atoms with van der Waals surface area (Å²) in [5.41, 5.74) is 0. The third kappa shape index (κ3) is 3.60. The van der Waals surface area contributed by atoms with Gasteiger partial charge in [0.25, 0.3) is 0 Å². The number of hydrogen-bond donors (Lipinski definition) is 1. The van der Waals surface area contributed by atoms with Crippen molar-refractivity contribution in [3.63, 3.8) is 0 Å². The van der Waals surface area contributed by atoms with E-state index in [-0.39, 0.29) is 0 Å². The summed E-state index contributed by atoms with van der Waals surface area (Å²) in [5.74, 6) is 4.08. The van der Waals surface area contributed by atoms with E-state index in [2.05, 4.69) is 22.4 Å². The molecule has 2 heterocycles. The van der Waals surface area contributed by atoms with Crippen molar-refractivity contribution >= 4 is 0 Å². The van der Waals surface area contributed by atoms with Crippen LogP contribution in [0.4, 0.5) is 0 Å². The second kappa shape index (κ2) is 6.70. The first kappa shape index (κ1) is 14.1. The summed E-state index contributed by atoms with van der Waals surface area (Å²) in [5, 5.41) is 7.64. The third-order valence-corrected chi connectivity index (χ3v) is 5.09. The molecular formula is C16H27N3O. The normalized spacial score (nSPS) is 28.6. The van der Waals surface area contributed by atoms with Gasteiger partial charge in [-0.2, -0.15) is 4.98 Å². The highest BCUT2D eigenvalue weighted by molar-refractivity contribution is 4.97. The van der Waals surface area contributed by atoms with Crippen LogP contribution in [0.3, 0.4) is 0 Å². The standard InChI is InChI=1S/C16H27N3O/c1-12-2-5-14(6-3-12)16-18-15(20-19-16)7-4-13-8-10-17-11-9-13/h12-14,17H,2-11H2,1H3. The minimum absolute atomic E-state index is 0.544. The molecule has 0 spiro atoms. The molecule has 1 aromatic rings. The van der Waals surface area contributed by atoms with Gasteiger partial charge in [-0.3, -0.25) is 0 Å². The van der Waals surface area contributed by atoms with Gasteiger partial charge in [-0.15, -0.1) is 0 Å². The van der Waals surface area contributed by atoms with Crippen LogP contribution in [0.2, 0.25) is 0 Å². The Morgan fingerprint density at radius 2 is 1.85 bits per heavy atom. The number of piperidine rings is 1. The lowest BCUT2D eigenvalue weighted by molar-refractivity contribution is 0.313. The Kier molecular flexibility index (Phi) is 4.71. The number of rotatable bonds is 4. The Balaban J connectivity index is 1.49. The van der Waals surface area contributed by atoms with E-state index >= 15 is 0 Å². The molecule has 20 heavy (non-hydrogen) atoms. The molecule has 2 fully saturated rings. The minimum atomic E-state index is 0.544. The summed E-state index contributed by atoms with van der Waals surface area (Å²) in [6.07, 6.45) is 9.82. The van der Waals surface area contributed by atoms with Crippen LogP contribution in [-0.2, 0) is 6.42 Å². The van der Waals surface area contributed by atoms with Crippen molar-refractivity contribution < 1.29 is 4.52 Å². The Labute approximate surface area is 121 Å². The fourth-order valence-corrected chi connectivity index (χ4v) is 3.55. The monoisotopic (exact) mass is 277 g/mol. The van der Waals surface area contributed by atoms with Crippen LogP contribution in [0.1, 0.15) is 69.5 Å². The first-order valence-corrected chi connectivity index (χ1v) is 8.34. The maximum atomic E-state index is 5.46. The van der Waals surface area contributed by atoms with Gasteiger partial charge in [0, 0.05) is 12.3 Å². The molecule has 4 heteroatoms. The molecule has 1 aliphatic heterocycles. The highest BCUT2D eigenvalue weighted by atomic mass is 16.5. The molecule has 112 valence electrons. The van der Waals surface area contributed by atoms with Gasteiger partial charge in [-0.25, -0.2) is 0 Å². The number of nitrogens with zero attached hydrogens (tertiary/aromatic N) is 2. The van der Waals surface area contributed by atoms with E-state index < -0.39 is 0 Å². The SMILES string of the molecule is CC1CCC(c2noc(CCC3CCNCC3)n2)CC1. The molecule has 1 saturated carbocycles. The van der Waals surface area contributed by atoms with E-state index in [4.69, 9.17) is 4.52 Å². The summed E-state index contributed by atoms with van der Waals surface area (Å²) < 4.78 is 5.46. The molecule has 1 N–H and O–H groups in total. The summed E-state index contributed by atoms with van der Waals surface area (Å²) in [6, 6.07) is 0. The van der Waals surface area contributed by atoms with Gasteiger partial charge in [0.15, 0.2) is 5.82 Å². The average Bonchev–Trinajstić information content (AvgIpc) is 2.96. The molecule has 3 rings (SSSR count). The highest BCUT2D eigenvalue weighted by Gasteiger charge is 2.24. The van der Waals surface area contributed by atoms with Crippen LogP contribution < -0.4 is 5.32 Å². The number of hydrogen-bond acceptors (Lipinski definition) is 4. The molecule has 2 aliphatic rings. The zero-order valence-electron chi connectivity index (χ0n) is 12.6. The summed E-state index contributed by atoms with van der Waals surface area (Å²) >= 11 is 0. The summed E-state index contributed by atoms with van der Waals surface area (Å²) in [7, 11) is 0. The third-order valence-electron chi connectivity index (χ3n) is 5.09. The van der Waals surface area contributed by atoms with Crippen LogP contribution in [0, 0.1) is 11.8 Å². The summed E-state index contributed by atoms with van der Waals surface area (Å²) in [4.78, 5) is 4.65. The lowest BCUT2D eigenvalue weighted by Crippen LogP contribution is -2.27. The number of aromatic nitrogens is 2. The smallest absolute Gasteiger partial charge is 0.226 e. The molecule has 0 unspecified atom stereocenters. The van der Waals surface area contributed by atoms with E-state index in [1.807, 2.05) is 0 Å². The Morgan fingerprint density at radius 3 is 2.60 bits per heavy atom. The first-order valence-electron chi connectivity index (χ1n) is 8.34. The van der Waals surface area contributed by atoms with Crippen molar-refractivity contribution in [3.05, 3.63) is 11.7 Å². The van der Waals surface area contributed by atoms with Crippen molar-refractivity contribution in [2.24, 2.45) is 11.8 Å². The molecule has 1 aromatic heterocycles. The lowest BCUT2D eigenvalue weighted by Gasteiger charge is -2.23. The van der Waals surface area contributed by atoms with Crippen LogP contribution in [-0.4, -0.2) is 23.2 Å². The van der Waals surface area contributed by atoms with E-state index in [0.29, 0.717) is 5.92 Å². The maximum absolute atomic E-state index is 5.46. The van der Waals surface area contributed by atoms with Crippen LogP contribution in [0.25, 0.3) is 0 Å². The Hall–Kier alpha value is -0.900. The van der Waals surface area contributed by atoms with E-state index in [9.17, 15) is 0 Å². The zero-order chi connectivity index (χ0) is 13.8. The maximum Gasteiger partial charge on any atom is 0.226 e. The van der Waals surface area contributed by atoms with Gasteiger partial charge < -0.3 is 9.84 Å². The Bertz CT molecular complexity index is 404. The van der Waals surface area contributed by atoms with Gasteiger partial charge in [0.2, 0.25) is 5.89 Å². The highest BCUT2D eigenvalue weighted by Crippen LogP contribution is 2.34. The Morgan fingerprint density at radius 1 is 1.10 bits per heavy atom. The predicted molar refractivity (Wildman–Crippen MR) is 78.6 cm³/mol. The molecular weight excluding hydrogens is 250 g/mol. The quantitative estimate of drug-likeness (QED) is 0.917. The largest absolute Gasteiger partial charge is 0.339 e. The minimum Gasteiger partial charge on any atom is -0.339 e. The molecule has 0 bridgehead atoms.